The summed E-state index contributed by atoms with van der Waals surface area (Å²) in [6, 6.07) is 7.98. The first kappa shape index (κ1) is 21.5. The number of nitrogens with zero attached hydrogens (tertiary/aromatic N) is 3. The largest absolute Gasteiger partial charge is 0.337 e. The zero-order valence-electron chi connectivity index (χ0n) is 15.4. The third-order valence-electron chi connectivity index (χ3n) is 4.38. The summed E-state index contributed by atoms with van der Waals surface area (Å²) in [6.45, 7) is 6.59. The number of aryl methyl sites for hydroxylation is 1. The molecule has 1 aromatic heterocycles. The highest BCUT2D eigenvalue weighted by Crippen LogP contribution is 2.27. The lowest BCUT2D eigenvalue weighted by atomic mass is 10.1. The maximum atomic E-state index is 12.7. The Kier molecular flexibility index (Phi) is 8.37. The Balaban J connectivity index is 0.00000261. The van der Waals surface area contributed by atoms with Crippen LogP contribution in [0.25, 0.3) is 0 Å². The van der Waals surface area contributed by atoms with E-state index in [0.29, 0.717) is 6.54 Å². The van der Waals surface area contributed by atoms with E-state index in [-0.39, 0.29) is 24.4 Å². The first-order valence-corrected chi connectivity index (χ1v) is 9.72. The Labute approximate surface area is 170 Å². The predicted molar refractivity (Wildman–Crippen MR) is 114 cm³/mol. The van der Waals surface area contributed by atoms with E-state index in [1.165, 1.54) is 0 Å². The first-order valence-electron chi connectivity index (χ1n) is 8.73. The van der Waals surface area contributed by atoms with Gasteiger partial charge in [-0.2, -0.15) is 0 Å². The molecule has 0 aliphatic carbocycles. The second-order valence-electron chi connectivity index (χ2n) is 6.23. The van der Waals surface area contributed by atoms with E-state index in [1.807, 2.05) is 48.2 Å². The van der Waals surface area contributed by atoms with Gasteiger partial charge in [-0.25, -0.2) is 4.98 Å². The summed E-state index contributed by atoms with van der Waals surface area (Å²) in [4.78, 5) is 20.4. The first-order chi connectivity index (χ1) is 12.7. The van der Waals surface area contributed by atoms with Gasteiger partial charge in [-0.3, -0.25) is 9.69 Å². The molecule has 2 N–H and O–H groups in total. The van der Waals surface area contributed by atoms with Crippen LogP contribution >= 0.6 is 24.2 Å². The van der Waals surface area contributed by atoms with Gasteiger partial charge in [0.05, 0.1) is 18.3 Å². The van der Waals surface area contributed by atoms with E-state index < -0.39 is 0 Å². The van der Waals surface area contributed by atoms with Crippen molar-refractivity contribution in [1.29, 1.82) is 0 Å². The Morgan fingerprint density at radius 1 is 1.48 bits per heavy atom. The molecule has 8 heteroatoms. The van der Waals surface area contributed by atoms with Gasteiger partial charge in [-0.05, 0) is 12.1 Å². The number of thioether (sulfide) groups is 1. The average molecular weight is 408 g/mol. The van der Waals surface area contributed by atoms with Gasteiger partial charge < -0.3 is 15.2 Å². The van der Waals surface area contributed by atoms with E-state index in [4.69, 9.17) is 0 Å². The van der Waals surface area contributed by atoms with Gasteiger partial charge in [-0.1, -0.05) is 18.2 Å². The number of carbonyl (C=O) groups excluding carboxylic acids is 1. The van der Waals surface area contributed by atoms with Crippen LogP contribution in [0.3, 0.4) is 0 Å². The van der Waals surface area contributed by atoms with Gasteiger partial charge in [0.2, 0.25) is 5.91 Å². The van der Waals surface area contributed by atoms with Crippen molar-refractivity contribution in [3.63, 3.8) is 0 Å². The van der Waals surface area contributed by atoms with Gasteiger partial charge >= 0.3 is 0 Å². The lowest BCUT2D eigenvalue weighted by Crippen LogP contribution is -2.49. The number of imidazole rings is 1. The Morgan fingerprint density at radius 3 is 3.04 bits per heavy atom. The quantitative estimate of drug-likeness (QED) is 0.545. The molecular weight excluding hydrogens is 382 g/mol. The van der Waals surface area contributed by atoms with Crippen LogP contribution in [0.2, 0.25) is 0 Å². The molecule has 1 amide bonds. The van der Waals surface area contributed by atoms with Gasteiger partial charge in [0.1, 0.15) is 5.82 Å². The summed E-state index contributed by atoms with van der Waals surface area (Å²) < 4.78 is 2.02. The monoisotopic (exact) mass is 407 g/mol. The lowest BCUT2D eigenvalue weighted by Gasteiger charge is -2.35. The Morgan fingerprint density at radius 2 is 2.30 bits per heavy atom. The van der Waals surface area contributed by atoms with Crippen molar-refractivity contribution in [2.24, 2.45) is 7.05 Å². The molecule has 3 rings (SSSR count). The number of nitrogens with one attached hydrogen (secondary N) is 2. The Bertz CT molecular complexity index is 766. The van der Waals surface area contributed by atoms with Crippen LogP contribution in [0.15, 0.2) is 54.2 Å². The zero-order chi connectivity index (χ0) is 18.4. The predicted octanol–water partition coefficient (Wildman–Crippen LogP) is 2.71. The van der Waals surface area contributed by atoms with Crippen molar-refractivity contribution >= 4 is 35.8 Å². The van der Waals surface area contributed by atoms with E-state index in [2.05, 4.69) is 27.1 Å². The van der Waals surface area contributed by atoms with Crippen molar-refractivity contribution in [3.05, 3.63) is 55.1 Å². The number of piperazine rings is 1. The van der Waals surface area contributed by atoms with E-state index in [9.17, 15) is 4.79 Å². The molecule has 6 nitrogen and oxygen atoms in total. The fraction of sp³-hybridized carbons (Fsp3) is 0.368. The molecule has 2 aromatic rings. The minimum absolute atomic E-state index is 0. The number of rotatable bonds is 7. The van der Waals surface area contributed by atoms with Crippen LogP contribution in [0, 0.1) is 0 Å². The van der Waals surface area contributed by atoms with E-state index >= 15 is 0 Å². The van der Waals surface area contributed by atoms with E-state index in [1.54, 1.807) is 18.0 Å². The molecule has 2 heterocycles. The highest BCUT2D eigenvalue weighted by Gasteiger charge is 2.28. The normalized spacial score (nSPS) is 17.1. The van der Waals surface area contributed by atoms with Crippen LogP contribution < -0.4 is 10.6 Å². The molecule has 1 unspecified atom stereocenters. The number of carbonyl (C=O) groups is 1. The van der Waals surface area contributed by atoms with Crippen molar-refractivity contribution in [2.45, 2.75) is 10.9 Å². The number of aromatic nitrogens is 2. The molecular formula is C19H26ClN5OS. The topological polar surface area (TPSA) is 62.2 Å². The highest BCUT2D eigenvalue weighted by molar-refractivity contribution is 7.99. The molecule has 1 aliphatic heterocycles. The maximum absolute atomic E-state index is 12.7. The molecule has 1 aromatic carbocycles. The van der Waals surface area contributed by atoms with Crippen molar-refractivity contribution < 1.29 is 4.79 Å². The molecule has 0 saturated carbocycles. The summed E-state index contributed by atoms with van der Waals surface area (Å²) in [5.41, 5.74) is 0.855. The van der Waals surface area contributed by atoms with Crippen LogP contribution in [0.4, 0.5) is 5.69 Å². The zero-order valence-corrected chi connectivity index (χ0v) is 17.1. The third-order valence-corrected chi connectivity index (χ3v) is 5.44. The Hall–Kier alpha value is -1.80. The molecule has 0 radical (unpaired) electrons. The van der Waals surface area contributed by atoms with Gasteiger partial charge in [0.15, 0.2) is 0 Å². The number of hydrogen-bond donors (Lipinski definition) is 2. The van der Waals surface area contributed by atoms with Gasteiger partial charge in [0.25, 0.3) is 0 Å². The van der Waals surface area contributed by atoms with E-state index in [0.717, 1.165) is 41.8 Å². The van der Waals surface area contributed by atoms with Crippen molar-refractivity contribution in [1.82, 2.24) is 19.8 Å². The fourth-order valence-corrected chi connectivity index (χ4v) is 3.85. The number of anilines is 1. The highest BCUT2D eigenvalue weighted by atomic mass is 35.5. The molecule has 1 saturated heterocycles. The standard InChI is InChI=1S/C19H25N5OS.ClH/c1-3-12-26-17-7-5-4-6-15(17)22-18(25)14-24-11-8-20-13-16(24)19-21-9-10-23(19)2;/h3-7,9-10,16,20H,1,8,11-14H2,2H3,(H,22,25);1H. The van der Waals surface area contributed by atoms with Crippen LogP contribution in [-0.4, -0.2) is 52.3 Å². The lowest BCUT2D eigenvalue weighted by molar-refractivity contribution is -0.118. The summed E-state index contributed by atoms with van der Waals surface area (Å²) in [7, 11) is 1.99. The SMILES string of the molecule is C=CCSc1ccccc1NC(=O)CN1CCNCC1c1nccn1C.Cl. The molecule has 1 fully saturated rings. The molecule has 1 aliphatic rings. The minimum Gasteiger partial charge on any atom is -0.337 e. The minimum atomic E-state index is -0.00207. The van der Waals surface area contributed by atoms with Gasteiger partial charge in [-0.15, -0.1) is 30.7 Å². The molecule has 146 valence electrons. The molecule has 0 bridgehead atoms. The van der Waals surface area contributed by atoms with Gasteiger partial charge in [0, 0.05) is 49.7 Å². The number of amides is 1. The third kappa shape index (κ3) is 5.59. The smallest absolute Gasteiger partial charge is 0.238 e. The second kappa shape index (κ2) is 10.5. The summed E-state index contributed by atoms with van der Waals surface area (Å²) in [5, 5.41) is 6.46. The average Bonchev–Trinajstić information content (AvgIpc) is 3.07. The number of hydrogen-bond acceptors (Lipinski definition) is 5. The van der Waals surface area contributed by atoms with Crippen molar-refractivity contribution in [2.75, 3.05) is 37.2 Å². The maximum Gasteiger partial charge on any atom is 0.238 e. The second-order valence-corrected chi connectivity index (χ2v) is 7.29. The number of para-hydroxylation sites is 1. The van der Waals surface area contributed by atoms with Crippen LogP contribution in [-0.2, 0) is 11.8 Å². The number of benzene rings is 1. The van der Waals surface area contributed by atoms with Crippen molar-refractivity contribution in [3.8, 4) is 0 Å². The summed E-state index contributed by atoms with van der Waals surface area (Å²) in [6.07, 6.45) is 5.60. The molecule has 27 heavy (non-hydrogen) atoms. The van der Waals surface area contributed by atoms with Crippen LogP contribution in [0.5, 0.6) is 0 Å². The summed E-state index contributed by atoms with van der Waals surface area (Å²) >= 11 is 1.67. The van der Waals surface area contributed by atoms with Crippen LogP contribution in [0.1, 0.15) is 11.9 Å². The molecule has 1 atom stereocenters. The number of halogens is 1. The molecule has 0 spiro atoms. The fourth-order valence-electron chi connectivity index (χ4n) is 3.11. The summed E-state index contributed by atoms with van der Waals surface area (Å²) in [5.74, 6) is 1.79.